The molecule has 0 amide bonds. The molecular weight excluding hydrogens is 316 g/mol. The number of pyridine rings is 1. The number of methoxy groups -OCH3 is 1. The van der Waals surface area contributed by atoms with Crippen molar-refractivity contribution >= 4 is 5.52 Å². The van der Waals surface area contributed by atoms with E-state index in [1.165, 1.54) is 6.42 Å². The molecule has 1 saturated heterocycles. The second-order valence-electron chi connectivity index (χ2n) is 6.35. The average Bonchev–Trinajstić information content (AvgIpc) is 3.24. The van der Waals surface area contributed by atoms with E-state index >= 15 is 0 Å². The average molecular weight is 336 g/mol. The molecule has 0 radical (unpaired) electrons. The molecule has 1 fully saturated rings. The maximum absolute atomic E-state index is 9.24. The van der Waals surface area contributed by atoms with Crippen molar-refractivity contribution in [3.63, 3.8) is 0 Å². The molecule has 1 aliphatic heterocycles. The number of fused-ring (bicyclic) bond motifs is 1. The molecule has 0 unspecified atom stereocenters. The third-order valence-corrected chi connectivity index (χ3v) is 4.89. The predicted molar refractivity (Wildman–Crippen MR) is 93.6 cm³/mol. The second kappa shape index (κ2) is 6.22. The molecule has 3 aromatic heterocycles. The molecule has 128 valence electrons. The Bertz CT molecular complexity index is 958. The van der Waals surface area contributed by atoms with E-state index in [9.17, 15) is 5.26 Å². The zero-order chi connectivity index (χ0) is 17.4. The van der Waals surface area contributed by atoms with Crippen LogP contribution >= 0.6 is 0 Å². The van der Waals surface area contributed by atoms with Crippen LogP contribution in [0.3, 0.4) is 0 Å². The number of nitrogens with one attached hydrogen (secondary N) is 1. The van der Waals surface area contributed by atoms with E-state index in [2.05, 4.69) is 33.2 Å². The Labute approximate surface area is 145 Å². The van der Waals surface area contributed by atoms with Crippen molar-refractivity contribution in [2.24, 2.45) is 0 Å². The molecule has 4 heterocycles. The van der Waals surface area contributed by atoms with Gasteiger partial charge < -0.3 is 10.1 Å². The Morgan fingerprint density at radius 3 is 2.96 bits per heavy atom. The summed E-state index contributed by atoms with van der Waals surface area (Å²) in [5, 5.41) is 21.6. The molecule has 0 bridgehead atoms. The van der Waals surface area contributed by atoms with Gasteiger partial charge in [-0.05, 0) is 32.4 Å². The number of aromatic nitrogens is 4. The van der Waals surface area contributed by atoms with Crippen molar-refractivity contribution < 1.29 is 4.74 Å². The number of piperidine rings is 1. The number of ether oxygens (including phenoxy) is 1. The van der Waals surface area contributed by atoms with Crippen LogP contribution in [0, 0.1) is 18.3 Å². The van der Waals surface area contributed by atoms with Crippen LogP contribution in [0.25, 0.3) is 16.6 Å². The Kier molecular flexibility index (Phi) is 3.90. The van der Waals surface area contributed by atoms with Crippen LogP contribution in [-0.4, -0.2) is 39.6 Å². The van der Waals surface area contributed by atoms with Crippen molar-refractivity contribution in [2.45, 2.75) is 25.8 Å². The normalized spacial score (nSPS) is 17.6. The van der Waals surface area contributed by atoms with E-state index < -0.39 is 0 Å². The number of nitrogens with zero attached hydrogens (tertiary/aromatic N) is 5. The third kappa shape index (κ3) is 2.55. The molecule has 0 aliphatic carbocycles. The lowest BCUT2D eigenvalue weighted by atomic mass is 10.1. The fourth-order valence-corrected chi connectivity index (χ4v) is 3.59. The van der Waals surface area contributed by atoms with Gasteiger partial charge in [0.05, 0.1) is 25.5 Å². The minimum Gasteiger partial charge on any atom is -0.494 e. The van der Waals surface area contributed by atoms with E-state index in [1.807, 2.05) is 18.5 Å². The highest BCUT2D eigenvalue weighted by Crippen LogP contribution is 2.32. The van der Waals surface area contributed by atoms with Gasteiger partial charge in [0.1, 0.15) is 22.9 Å². The first-order valence-corrected chi connectivity index (χ1v) is 8.43. The van der Waals surface area contributed by atoms with Gasteiger partial charge in [-0.15, -0.1) is 0 Å². The van der Waals surface area contributed by atoms with Crippen LogP contribution in [0.4, 0.5) is 0 Å². The molecule has 1 N–H and O–H groups in total. The van der Waals surface area contributed by atoms with Gasteiger partial charge in [0.2, 0.25) is 0 Å². The number of hydrogen-bond acceptors (Lipinski definition) is 5. The number of hydrogen-bond donors (Lipinski definition) is 1. The molecule has 7 nitrogen and oxygen atoms in total. The minimum atomic E-state index is 0.392. The largest absolute Gasteiger partial charge is 0.494 e. The van der Waals surface area contributed by atoms with Gasteiger partial charge in [-0.25, -0.2) is 4.52 Å². The van der Waals surface area contributed by atoms with E-state index in [-0.39, 0.29) is 0 Å². The zero-order valence-electron chi connectivity index (χ0n) is 14.4. The van der Waals surface area contributed by atoms with Crippen LogP contribution in [0.1, 0.15) is 30.1 Å². The fourth-order valence-electron chi connectivity index (χ4n) is 3.59. The molecular formula is C18H20N6O. The third-order valence-electron chi connectivity index (χ3n) is 4.89. The predicted octanol–water partition coefficient (Wildman–Crippen LogP) is 2.31. The van der Waals surface area contributed by atoms with Gasteiger partial charge in [0.15, 0.2) is 0 Å². The second-order valence-corrected chi connectivity index (χ2v) is 6.35. The summed E-state index contributed by atoms with van der Waals surface area (Å²) in [6, 6.07) is 4.50. The van der Waals surface area contributed by atoms with Crippen molar-refractivity contribution in [1.29, 1.82) is 5.26 Å². The number of nitriles is 1. The standard InChI is InChI=1S/C18H20N6O/c1-12-16(10-22-24(12)15-4-3-5-20-9-15)13-6-17(25-2)18-14(7-19)8-21-23(18)11-13/h6,8,10-11,15,20H,3-5,9H2,1-2H3/t15-/m0/s1. The van der Waals surface area contributed by atoms with Gasteiger partial charge in [-0.3, -0.25) is 4.68 Å². The summed E-state index contributed by atoms with van der Waals surface area (Å²) in [4.78, 5) is 0. The van der Waals surface area contributed by atoms with Crippen molar-refractivity contribution in [1.82, 2.24) is 24.7 Å². The van der Waals surface area contributed by atoms with Crippen LogP contribution < -0.4 is 10.1 Å². The minimum absolute atomic E-state index is 0.392. The molecule has 0 saturated carbocycles. The van der Waals surface area contributed by atoms with Gasteiger partial charge in [0.25, 0.3) is 0 Å². The molecule has 1 aliphatic rings. The van der Waals surface area contributed by atoms with Crippen LogP contribution in [0.5, 0.6) is 5.75 Å². The smallest absolute Gasteiger partial charge is 0.146 e. The first-order valence-electron chi connectivity index (χ1n) is 8.43. The van der Waals surface area contributed by atoms with E-state index in [0.29, 0.717) is 22.9 Å². The lowest BCUT2D eigenvalue weighted by Gasteiger charge is -2.24. The topological polar surface area (TPSA) is 80.2 Å². The summed E-state index contributed by atoms with van der Waals surface area (Å²) < 4.78 is 9.32. The monoisotopic (exact) mass is 336 g/mol. The molecule has 3 aromatic rings. The van der Waals surface area contributed by atoms with Crippen LogP contribution in [0.2, 0.25) is 0 Å². The maximum Gasteiger partial charge on any atom is 0.146 e. The van der Waals surface area contributed by atoms with Crippen LogP contribution in [-0.2, 0) is 0 Å². The summed E-state index contributed by atoms with van der Waals surface area (Å²) in [7, 11) is 1.61. The van der Waals surface area contributed by atoms with E-state index in [0.717, 1.165) is 36.3 Å². The molecule has 25 heavy (non-hydrogen) atoms. The van der Waals surface area contributed by atoms with Gasteiger partial charge in [-0.1, -0.05) is 0 Å². The zero-order valence-corrected chi connectivity index (χ0v) is 14.4. The summed E-state index contributed by atoms with van der Waals surface area (Å²) >= 11 is 0. The number of rotatable bonds is 3. The molecule has 7 heteroatoms. The molecule has 0 aromatic carbocycles. The van der Waals surface area contributed by atoms with Crippen molar-refractivity contribution in [3.8, 4) is 22.9 Å². The molecule has 0 spiro atoms. The Morgan fingerprint density at radius 1 is 1.36 bits per heavy atom. The summed E-state index contributed by atoms with van der Waals surface area (Å²) in [6.07, 6.45) is 7.70. The maximum atomic E-state index is 9.24. The first kappa shape index (κ1) is 15.7. The highest BCUT2D eigenvalue weighted by molar-refractivity contribution is 5.75. The van der Waals surface area contributed by atoms with Gasteiger partial charge >= 0.3 is 0 Å². The molecule has 4 rings (SSSR count). The van der Waals surface area contributed by atoms with E-state index in [1.54, 1.807) is 17.8 Å². The summed E-state index contributed by atoms with van der Waals surface area (Å²) in [6.45, 7) is 4.13. The first-order chi connectivity index (χ1) is 12.2. The summed E-state index contributed by atoms with van der Waals surface area (Å²) in [5.74, 6) is 0.637. The van der Waals surface area contributed by atoms with Gasteiger partial charge in [-0.2, -0.15) is 15.5 Å². The van der Waals surface area contributed by atoms with E-state index in [4.69, 9.17) is 4.74 Å². The fraction of sp³-hybridized carbons (Fsp3) is 0.389. The summed E-state index contributed by atoms with van der Waals surface area (Å²) in [5.41, 5.74) is 4.35. The Hall–Kier alpha value is -2.85. The highest BCUT2D eigenvalue weighted by atomic mass is 16.5. The lowest BCUT2D eigenvalue weighted by molar-refractivity contribution is 0.342. The Balaban J connectivity index is 1.80. The van der Waals surface area contributed by atoms with Crippen LogP contribution in [0.15, 0.2) is 24.7 Å². The SMILES string of the molecule is COc1cc(-c2cnn([C@H]3CCCNC3)c2C)cn2ncc(C#N)c12. The van der Waals surface area contributed by atoms with Gasteiger partial charge in [0, 0.05) is 29.6 Å². The Morgan fingerprint density at radius 2 is 2.24 bits per heavy atom. The van der Waals surface area contributed by atoms with Crippen molar-refractivity contribution in [3.05, 3.63) is 35.9 Å². The molecule has 1 atom stereocenters. The highest BCUT2D eigenvalue weighted by Gasteiger charge is 2.20. The quantitative estimate of drug-likeness (QED) is 0.794. The lowest BCUT2D eigenvalue weighted by Crippen LogP contribution is -2.32. The van der Waals surface area contributed by atoms with Crippen molar-refractivity contribution in [2.75, 3.05) is 20.2 Å².